The molecule has 0 amide bonds. The van der Waals surface area contributed by atoms with Crippen molar-refractivity contribution < 1.29 is 30.8 Å². The lowest BCUT2D eigenvalue weighted by atomic mass is 10.2. The molecule has 1 aliphatic heterocycles. The number of ether oxygens (including phenoxy) is 1. The SMILES string of the molecule is COC1(O[Si](C)(C)C)N(S(=O)(=O)C(F)(F)F)C1(C)C. The maximum atomic E-state index is 12.7. The second-order valence-electron chi connectivity index (χ2n) is 5.77. The highest BCUT2D eigenvalue weighted by Gasteiger charge is 2.82. The van der Waals surface area contributed by atoms with Gasteiger partial charge in [0.2, 0.25) is 0 Å². The van der Waals surface area contributed by atoms with E-state index >= 15 is 0 Å². The number of nitrogens with zero attached hydrogens (tertiary/aromatic N) is 1. The number of methoxy groups -OCH3 is 1. The largest absolute Gasteiger partial charge is 0.511 e. The van der Waals surface area contributed by atoms with Crippen LogP contribution in [0.2, 0.25) is 19.6 Å². The van der Waals surface area contributed by atoms with E-state index in [1.54, 1.807) is 19.6 Å². The minimum atomic E-state index is -5.50. The molecule has 2 atom stereocenters. The number of alkyl halides is 3. The number of sulfonamides is 1. The molecular weight excluding hydrogens is 303 g/mol. The fourth-order valence-electron chi connectivity index (χ4n) is 2.01. The van der Waals surface area contributed by atoms with Crippen LogP contribution in [0.5, 0.6) is 0 Å². The normalized spacial score (nSPS) is 31.3. The van der Waals surface area contributed by atoms with E-state index in [0.717, 1.165) is 7.11 Å². The Bertz CT molecular complexity index is 471. The molecule has 1 heterocycles. The summed E-state index contributed by atoms with van der Waals surface area (Å²) in [4.78, 5) is 0. The van der Waals surface area contributed by atoms with Gasteiger partial charge in [-0.05, 0) is 33.5 Å². The smallest absolute Gasteiger partial charge is 0.377 e. The molecule has 0 aromatic rings. The summed E-state index contributed by atoms with van der Waals surface area (Å²) < 4.78 is 71.8. The first-order valence-corrected chi connectivity index (χ1v) is 10.4. The fraction of sp³-hybridized carbons (Fsp3) is 1.00. The lowest BCUT2D eigenvalue weighted by molar-refractivity contribution is -0.124. The summed E-state index contributed by atoms with van der Waals surface area (Å²) in [6.45, 7) is 7.88. The molecule has 0 saturated carbocycles. The zero-order chi connectivity index (χ0) is 15.5. The zero-order valence-corrected chi connectivity index (χ0v) is 13.4. The second kappa shape index (κ2) is 4.17. The van der Waals surface area contributed by atoms with E-state index in [2.05, 4.69) is 0 Å². The molecule has 1 rings (SSSR count). The van der Waals surface area contributed by atoms with Crippen LogP contribution in [-0.4, -0.2) is 45.1 Å². The van der Waals surface area contributed by atoms with Crippen LogP contribution >= 0.6 is 0 Å². The molecule has 1 fully saturated rings. The lowest BCUT2D eigenvalue weighted by Crippen LogP contribution is -2.42. The van der Waals surface area contributed by atoms with Crippen molar-refractivity contribution in [1.82, 2.24) is 4.31 Å². The molecule has 0 aromatic heterocycles. The highest BCUT2D eigenvalue weighted by molar-refractivity contribution is 7.90. The fourth-order valence-corrected chi connectivity index (χ4v) is 4.86. The molecule has 0 aliphatic carbocycles. The van der Waals surface area contributed by atoms with Crippen LogP contribution in [0, 0.1) is 0 Å². The summed E-state index contributed by atoms with van der Waals surface area (Å²) in [5.41, 5.74) is -6.79. The molecule has 0 radical (unpaired) electrons. The Hall–Kier alpha value is -0.163. The number of hydrogen-bond acceptors (Lipinski definition) is 4. The molecule has 19 heavy (non-hydrogen) atoms. The van der Waals surface area contributed by atoms with Crippen molar-refractivity contribution in [1.29, 1.82) is 0 Å². The van der Waals surface area contributed by atoms with E-state index in [1.807, 2.05) is 0 Å². The average Bonchev–Trinajstić information content (AvgIpc) is 2.58. The molecule has 0 N–H and O–H groups in total. The van der Waals surface area contributed by atoms with Crippen LogP contribution < -0.4 is 0 Å². The Balaban J connectivity index is 3.26. The predicted molar refractivity (Wildman–Crippen MR) is 65.1 cm³/mol. The highest BCUT2D eigenvalue weighted by Crippen LogP contribution is 2.58. The van der Waals surface area contributed by atoms with Gasteiger partial charge in [0.15, 0.2) is 8.32 Å². The zero-order valence-electron chi connectivity index (χ0n) is 11.6. The van der Waals surface area contributed by atoms with Crippen LogP contribution in [0.3, 0.4) is 0 Å². The first-order chi connectivity index (χ1) is 8.13. The molecule has 5 nitrogen and oxygen atoms in total. The van der Waals surface area contributed by atoms with Gasteiger partial charge in [-0.25, -0.2) is 8.42 Å². The van der Waals surface area contributed by atoms with Gasteiger partial charge in [0.25, 0.3) is 5.91 Å². The molecular formula is C9H18F3NO4SSi. The summed E-state index contributed by atoms with van der Waals surface area (Å²) in [6, 6.07) is 0. The summed E-state index contributed by atoms with van der Waals surface area (Å²) in [5.74, 6) is -1.88. The van der Waals surface area contributed by atoms with Gasteiger partial charge >= 0.3 is 15.5 Å². The topological polar surface area (TPSA) is 55.6 Å². The Morgan fingerprint density at radius 3 is 1.84 bits per heavy atom. The summed E-state index contributed by atoms with van der Waals surface area (Å²) in [7, 11) is -6.68. The van der Waals surface area contributed by atoms with Crippen molar-refractivity contribution in [3.63, 3.8) is 0 Å². The Morgan fingerprint density at radius 1 is 1.16 bits per heavy atom. The van der Waals surface area contributed by atoms with Crippen LogP contribution in [-0.2, 0) is 19.2 Å². The Kier molecular flexibility index (Phi) is 3.70. The van der Waals surface area contributed by atoms with Gasteiger partial charge in [0, 0.05) is 7.11 Å². The third-order valence-electron chi connectivity index (χ3n) is 2.75. The minimum absolute atomic E-state index is 0.241. The number of rotatable bonds is 4. The van der Waals surface area contributed by atoms with E-state index in [9.17, 15) is 21.6 Å². The third-order valence-corrected chi connectivity index (χ3v) is 5.40. The van der Waals surface area contributed by atoms with E-state index in [-0.39, 0.29) is 4.31 Å². The standard InChI is InChI=1S/C9H18F3NO4SSi/c1-7(2)8(16-3,17-19(4,5)6)13(7)18(14,15)9(10,11)12/h1-6H3. The summed E-state index contributed by atoms with van der Waals surface area (Å²) in [6.07, 6.45) is 0. The van der Waals surface area contributed by atoms with Gasteiger partial charge in [0.05, 0.1) is 0 Å². The van der Waals surface area contributed by atoms with Crippen LogP contribution in [0.25, 0.3) is 0 Å². The number of hydrogen-bond donors (Lipinski definition) is 0. The van der Waals surface area contributed by atoms with Gasteiger partial charge in [-0.1, -0.05) is 0 Å². The number of halogens is 3. The molecule has 114 valence electrons. The van der Waals surface area contributed by atoms with Crippen molar-refractivity contribution in [2.45, 2.75) is 50.4 Å². The molecule has 1 aliphatic rings. The highest BCUT2D eigenvalue weighted by atomic mass is 32.2. The monoisotopic (exact) mass is 321 g/mol. The van der Waals surface area contributed by atoms with Gasteiger partial charge < -0.3 is 9.16 Å². The lowest BCUT2D eigenvalue weighted by Gasteiger charge is -2.26. The molecule has 0 bridgehead atoms. The van der Waals surface area contributed by atoms with Gasteiger partial charge in [-0.15, -0.1) is 4.31 Å². The molecule has 0 spiro atoms. The first-order valence-electron chi connectivity index (χ1n) is 5.50. The molecule has 0 aromatic carbocycles. The van der Waals surface area contributed by atoms with E-state index < -0.39 is 35.3 Å². The maximum absolute atomic E-state index is 12.7. The summed E-state index contributed by atoms with van der Waals surface area (Å²) >= 11 is 0. The minimum Gasteiger partial charge on any atom is -0.377 e. The Labute approximate surface area is 111 Å². The van der Waals surface area contributed by atoms with Gasteiger partial charge in [0.1, 0.15) is 5.54 Å². The molecule has 1 saturated heterocycles. The van der Waals surface area contributed by atoms with Crippen molar-refractivity contribution in [3.05, 3.63) is 0 Å². The van der Waals surface area contributed by atoms with Crippen molar-refractivity contribution in [2.75, 3.05) is 7.11 Å². The van der Waals surface area contributed by atoms with E-state index in [4.69, 9.17) is 9.16 Å². The van der Waals surface area contributed by atoms with Crippen molar-refractivity contribution in [2.24, 2.45) is 0 Å². The Morgan fingerprint density at radius 2 is 1.58 bits per heavy atom. The van der Waals surface area contributed by atoms with Crippen molar-refractivity contribution in [3.8, 4) is 0 Å². The van der Waals surface area contributed by atoms with Gasteiger partial charge in [-0.2, -0.15) is 13.2 Å². The average molecular weight is 321 g/mol. The first kappa shape index (κ1) is 16.9. The molecule has 2 unspecified atom stereocenters. The summed E-state index contributed by atoms with van der Waals surface area (Å²) in [5, 5.41) is 0. The van der Waals surface area contributed by atoms with Crippen LogP contribution in [0.1, 0.15) is 13.8 Å². The van der Waals surface area contributed by atoms with E-state index in [0.29, 0.717) is 0 Å². The maximum Gasteiger partial charge on any atom is 0.511 e. The second-order valence-corrected chi connectivity index (χ2v) is 12.0. The van der Waals surface area contributed by atoms with E-state index in [1.165, 1.54) is 13.8 Å². The van der Waals surface area contributed by atoms with Crippen molar-refractivity contribution >= 4 is 18.3 Å². The van der Waals surface area contributed by atoms with Crippen LogP contribution in [0.4, 0.5) is 13.2 Å². The quantitative estimate of drug-likeness (QED) is 0.452. The van der Waals surface area contributed by atoms with Crippen LogP contribution in [0.15, 0.2) is 0 Å². The predicted octanol–water partition coefficient (Wildman–Crippen LogP) is 2.08. The van der Waals surface area contributed by atoms with Gasteiger partial charge in [-0.3, -0.25) is 0 Å². The third kappa shape index (κ3) is 2.44. The molecule has 10 heteroatoms.